The van der Waals surface area contributed by atoms with Crippen LogP contribution in [0.2, 0.25) is 0 Å². The molecule has 45 heavy (non-hydrogen) atoms. The molecule has 0 bridgehead atoms. The second-order valence-corrected chi connectivity index (χ2v) is 15.7. The zero-order valence-electron chi connectivity index (χ0n) is 25.4. The first-order chi connectivity index (χ1) is 21.2. The smallest absolute Gasteiger partial charge is 0.128 e. The van der Waals surface area contributed by atoms with E-state index in [1.54, 1.807) is 0 Å². The van der Waals surface area contributed by atoms with Gasteiger partial charge < -0.3 is 18.4 Å². The highest BCUT2D eigenvalue weighted by atomic mass is 32.2. The number of ether oxygens (including phenoxy) is 1. The molecule has 0 aliphatic heterocycles. The van der Waals surface area contributed by atoms with Gasteiger partial charge in [0.05, 0.1) is 21.3 Å². The Morgan fingerprint density at radius 2 is 0.822 bits per heavy atom. The van der Waals surface area contributed by atoms with E-state index in [4.69, 9.17) is 4.74 Å². The molecule has 13 heteroatoms. The molecule has 248 valence electrons. The zero-order chi connectivity index (χ0) is 32.8. The molecule has 0 aliphatic rings. The van der Waals surface area contributed by atoms with Crippen LogP contribution < -0.4 is 4.74 Å². The first-order valence-corrected chi connectivity index (χ1v) is 19.8. The molecule has 0 atom stereocenters. The second-order valence-electron chi connectivity index (χ2n) is 11.6. The molecule has 4 aromatic carbocycles. The minimum absolute atomic E-state index is 0.00767. The maximum atomic E-state index is 12.3. The van der Waals surface area contributed by atoms with E-state index >= 15 is 0 Å². The highest BCUT2D eigenvalue weighted by Crippen LogP contribution is 2.45. The van der Waals surface area contributed by atoms with Crippen molar-refractivity contribution in [2.24, 2.45) is 0 Å². The van der Waals surface area contributed by atoms with Crippen molar-refractivity contribution >= 4 is 62.7 Å². The van der Waals surface area contributed by atoms with Crippen molar-refractivity contribution in [3.05, 3.63) is 36.4 Å². The van der Waals surface area contributed by atoms with Crippen LogP contribution in [0.1, 0.15) is 96.8 Å². The molecular weight excluding hydrogens is 641 g/mol. The van der Waals surface area contributed by atoms with Crippen LogP contribution in [0, 0.1) is 0 Å². The van der Waals surface area contributed by atoms with E-state index in [2.05, 4.69) is 6.92 Å². The normalized spacial score (nSPS) is 13.0. The summed E-state index contributed by atoms with van der Waals surface area (Å²) in [5, 5.41) is -0.378. The van der Waals surface area contributed by atoms with Gasteiger partial charge in [0.1, 0.15) is 36.1 Å². The highest BCUT2D eigenvalue weighted by Gasteiger charge is 2.23. The fourth-order valence-electron chi connectivity index (χ4n) is 6.08. The van der Waals surface area contributed by atoms with Crippen LogP contribution in [0.5, 0.6) is 5.75 Å². The second kappa shape index (κ2) is 14.9. The molecule has 0 saturated carbocycles. The van der Waals surface area contributed by atoms with E-state index in [1.807, 2.05) is 0 Å². The first kappa shape index (κ1) is 35.3. The van der Waals surface area contributed by atoms with Crippen molar-refractivity contribution in [2.75, 3.05) is 6.61 Å². The third-order valence-electron chi connectivity index (χ3n) is 8.31. The molecule has 0 heterocycles. The maximum absolute atomic E-state index is 12.3. The largest absolute Gasteiger partial charge is 0.744 e. The number of unbranched alkanes of at least 4 members (excludes halogenated alkanes) is 13. The van der Waals surface area contributed by atoms with Gasteiger partial charge >= 0.3 is 0 Å². The van der Waals surface area contributed by atoms with Gasteiger partial charge in [-0.1, -0.05) is 109 Å². The summed E-state index contributed by atoms with van der Waals surface area (Å²) in [4.78, 5) is -2.54. The SMILES string of the molecule is CCCCCCCCCCCCCCCCOc1cc(S(=O)(=O)[O-])c2ccc3c(S(=O)(=O)[O-])cc(S(=O)(=O)[O-])c4ccc1c2c43. The lowest BCUT2D eigenvalue weighted by molar-refractivity contribution is 0.307. The van der Waals surface area contributed by atoms with E-state index in [0.29, 0.717) is 12.5 Å². The summed E-state index contributed by atoms with van der Waals surface area (Å²) in [6, 6.07) is 6.63. The zero-order valence-corrected chi connectivity index (χ0v) is 27.8. The fourth-order valence-corrected chi connectivity index (χ4v) is 8.25. The van der Waals surface area contributed by atoms with E-state index in [-0.39, 0.29) is 44.7 Å². The summed E-state index contributed by atoms with van der Waals surface area (Å²) in [5.74, 6) is 0.0305. The van der Waals surface area contributed by atoms with E-state index in [9.17, 15) is 38.9 Å². The van der Waals surface area contributed by atoms with Crippen LogP contribution in [-0.4, -0.2) is 45.5 Å². The lowest BCUT2D eigenvalue weighted by Gasteiger charge is -2.22. The summed E-state index contributed by atoms with van der Waals surface area (Å²) in [5.41, 5.74) is 0. The Kier molecular flexibility index (Phi) is 11.7. The molecule has 4 aromatic rings. The molecule has 0 aromatic heterocycles. The molecule has 0 N–H and O–H groups in total. The van der Waals surface area contributed by atoms with Gasteiger partial charge in [0.2, 0.25) is 0 Å². The average molecular weight is 680 g/mol. The molecule has 0 amide bonds. The summed E-state index contributed by atoms with van der Waals surface area (Å²) in [7, 11) is -15.6. The monoisotopic (exact) mass is 679 g/mol. The van der Waals surface area contributed by atoms with Gasteiger partial charge in [0.25, 0.3) is 0 Å². The summed E-state index contributed by atoms with van der Waals surface area (Å²) >= 11 is 0. The van der Waals surface area contributed by atoms with Gasteiger partial charge in [0, 0.05) is 32.3 Å². The van der Waals surface area contributed by atoms with Gasteiger partial charge in [-0.25, -0.2) is 25.3 Å². The quantitative estimate of drug-likeness (QED) is 0.0560. The van der Waals surface area contributed by atoms with E-state index in [0.717, 1.165) is 31.4 Å². The van der Waals surface area contributed by atoms with Crippen molar-refractivity contribution in [3.8, 4) is 5.75 Å². The third-order valence-corrected chi connectivity index (χ3v) is 10.9. The molecule has 0 saturated heterocycles. The van der Waals surface area contributed by atoms with Gasteiger partial charge in [-0.2, -0.15) is 0 Å². The highest BCUT2D eigenvalue weighted by molar-refractivity contribution is 7.87. The number of benzene rings is 4. The summed E-state index contributed by atoms with van der Waals surface area (Å²) < 4.78 is 115. The third kappa shape index (κ3) is 8.63. The average Bonchev–Trinajstić information content (AvgIpc) is 2.96. The number of hydrogen-bond donors (Lipinski definition) is 0. The number of hydrogen-bond acceptors (Lipinski definition) is 10. The molecule has 4 rings (SSSR count). The standard InChI is InChI=1S/C32H42O10S3/c1-2-3-4-5-6-7-8-9-10-11-12-13-14-15-20-42-27-21-28(43(33,34)35)24-18-19-26-30(45(39,40)41)22-29(44(36,37)38)25-17-16-23(27)31(24)32(25)26/h16-19,21-22H,2-15,20H2,1H3,(H,33,34,35)(H,36,37,38)(H,39,40,41)/p-3. The van der Waals surface area contributed by atoms with Gasteiger partial charge in [-0.15, -0.1) is 0 Å². The lowest BCUT2D eigenvalue weighted by atomic mass is 9.93. The first-order valence-electron chi connectivity index (χ1n) is 15.5. The Hall–Kier alpha value is -2.55. The minimum atomic E-state index is -5.26. The molecule has 10 nitrogen and oxygen atoms in total. The summed E-state index contributed by atoms with van der Waals surface area (Å²) in [6.07, 6.45) is 16.4. The Bertz CT molecular complexity index is 1900. The molecule has 0 unspecified atom stereocenters. The topological polar surface area (TPSA) is 181 Å². The molecule has 0 spiro atoms. The van der Waals surface area contributed by atoms with Crippen molar-refractivity contribution in [2.45, 2.75) is 112 Å². The lowest BCUT2D eigenvalue weighted by Crippen LogP contribution is -2.08. The molecular formula is C32H39O10S3-3. The minimum Gasteiger partial charge on any atom is -0.744 e. The summed E-state index contributed by atoms with van der Waals surface area (Å²) in [6.45, 7) is 2.43. The van der Waals surface area contributed by atoms with Crippen LogP contribution in [0.3, 0.4) is 0 Å². The van der Waals surface area contributed by atoms with Crippen LogP contribution in [0.15, 0.2) is 51.1 Å². The molecule has 0 radical (unpaired) electrons. The maximum Gasteiger partial charge on any atom is 0.128 e. The van der Waals surface area contributed by atoms with E-state index < -0.39 is 45.0 Å². The van der Waals surface area contributed by atoms with Crippen molar-refractivity contribution in [1.82, 2.24) is 0 Å². The van der Waals surface area contributed by atoms with Crippen LogP contribution in [0.4, 0.5) is 0 Å². The van der Waals surface area contributed by atoms with Crippen LogP contribution in [-0.2, 0) is 30.4 Å². The Labute approximate surface area is 265 Å². The van der Waals surface area contributed by atoms with Crippen molar-refractivity contribution in [3.63, 3.8) is 0 Å². The van der Waals surface area contributed by atoms with Gasteiger partial charge in [-0.3, -0.25) is 0 Å². The Balaban J connectivity index is 1.51. The van der Waals surface area contributed by atoms with Gasteiger partial charge in [0.15, 0.2) is 0 Å². The fraction of sp³-hybridized carbons (Fsp3) is 0.500. The van der Waals surface area contributed by atoms with Crippen LogP contribution in [0.25, 0.3) is 32.3 Å². The van der Waals surface area contributed by atoms with Crippen LogP contribution >= 0.6 is 0 Å². The Morgan fingerprint density at radius 1 is 0.489 bits per heavy atom. The van der Waals surface area contributed by atoms with Crippen molar-refractivity contribution in [1.29, 1.82) is 0 Å². The molecule has 0 fully saturated rings. The van der Waals surface area contributed by atoms with Crippen molar-refractivity contribution < 1.29 is 43.6 Å². The molecule has 0 aliphatic carbocycles. The number of rotatable bonds is 19. The van der Waals surface area contributed by atoms with E-state index in [1.165, 1.54) is 82.4 Å². The predicted molar refractivity (Wildman–Crippen MR) is 170 cm³/mol. The Morgan fingerprint density at radius 3 is 1.22 bits per heavy atom. The predicted octanol–water partition coefficient (Wildman–Crippen LogP) is 7.16. The van der Waals surface area contributed by atoms with Gasteiger partial charge in [-0.05, 0) is 24.6 Å².